The van der Waals surface area contributed by atoms with Crippen LogP contribution in [0.1, 0.15) is 24.1 Å². The fraction of sp³-hybridized carbons (Fsp3) is 0.200. The van der Waals surface area contributed by atoms with Crippen LogP contribution in [0, 0.1) is 6.92 Å². The van der Waals surface area contributed by atoms with E-state index in [-0.39, 0.29) is 18.5 Å². The number of aryl methyl sites for hydroxylation is 1. The maximum atomic E-state index is 12.1. The largest absolute Gasteiger partial charge is 0.338 e. The Labute approximate surface area is 147 Å². The van der Waals surface area contributed by atoms with E-state index in [1.807, 2.05) is 68.4 Å². The zero-order chi connectivity index (χ0) is 17.6. The van der Waals surface area contributed by atoms with Crippen LogP contribution in [0.5, 0.6) is 0 Å². The average molecular weight is 335 g/mol. The number of benzene rings is 2. The molecule has 0 radical (unpaired) electrons. The molecule has 1 heterocycles. The minimum Gasteiger partial charge on any atom is -0.338 e. The lowest BCUT2D eigenvalue weighted by Gasteiger charge is -2.13. The highest BCUT2D eigenvalue weighted by Crippen LogP contribution is 2.22. The van der Waals surface area contributed by atoms with Gasteiger partial charge in [-0.15, -0.1) is 0 Å². The summed E-state index contributed by atoms with van der Waals surface area (Å²) >= 11 is 0. The molecule has 1 aromatic heterocycles. The third-order valence-corrected chi connectivity index (χ3v) is 3.99. The van der Waals surface area contributed by atoms with Gasteiger partial charge in [-0.05, 0) is 19.4 Å². The molecule has 25 heavy (non-hydrogen) atoms. The van der Waals surface area contributed by atoms with Crippen molar-refractivity contribution < 1.29 is 9.32 Å². The van der Waals surface area contributed by atoms with Gasteiger partial charge in [0.2, 0.25) is 11.8 Å². The van der Waals surface area contributed by atoms with Crippen molar-refractivity contribution in [2.75, 3.05) is 11.9 Å². The molecule has 1 atom stereocenters. The molecular formula is C20H21N3O2. The first kappa shape index (κ1) is 16.9. The predicted octanol–water partition coefficient (Wildman–Crippen LogP) is 3.94. The summed E-state index contributed by atoms with van der Waals surface area (Å²) in [4.78, 5) is 12.1. The van der Waals surface area contributed by atoms with Gasteiger partial charge in [-0.2, -0.15) is 0 Å². The van der Waals surface area contributed by atoms with Gasteiger partial charge < -0.3 is 9.84 Å². The van der Waals surface area contributed by atoms with Gasteiger partial charge in [-0.25, -0.2) is 0 Å². The lowest BCUT2D eigenvalue weighted by molar-refractivity contribution is -0.115. The molecule has 0 saturated heterocycles. The van der Waals surface area contributed by atoms with Crippen LogP contribution >= 0.6 is 0 Å². The topological polar surface area (TPSA) is 67.2 Å². The Balaban J connectivity index is 1.54. The summed E-state index contributed by atoms with van der Waals surface area (Å²) in [6.07, 6.45) is 0. The Kier molecular flexibility index (Phi) is 5.26. The fourth-order valence-electron chi connectivity index (χ4n) is 2.48. The van der Waals surface area contributed by atoms with E-state index in [0.717, 1.165) is 11.1 Å². The van der Waals surface area contributed by atoms with E-state index in [1.165, 1.54) is 5.56 Å². The van der Waals surface area contributed by atoms with Crippen LogP contribution in [0.2, 0.25) is 0 Å². The number of nitrogens with zero attached hydrogens (tertiary/aromatic N) is 1. The van der Waals surface area contributed by atoms with Crippen molar-refractivity contribution in [2.45, 2.75) is 19.9 Å². The van der Waals surface area contributed by atoms with Gasteiger partial charge in [0.05, 0.1) is 6.54 Å². The van der Waals surface area contributed by atoms with Crippen molar-refractivity contribution in [1.82, 2.24) is 10.5 Å². The maximum absolute atomic E-state index is 12.1. The fourth-order valence-corrected chi connectivity index (χ4v) is 2.48. The SMILES string of the molecule is Cc1ccc(-c2cc(NC(=O)CN[C@@H](C)c3ccccc3)on2)cc1. The van der Waals surface area contributed by atoms with Crippen LogP contribution in [0.4, 0.5) is 5.88 Å². The van der Waals surface area contributed by atoms with Gasteiger partial charge in [0.15, 0.2) is 0 Å². The van der Waals surface area contributed by atoms with Crippen LogP contribution < -0.4 is 10.6 Å². The molecule has 0 aliphatic rings. The van der Waals surface area contributed by atoms with Crippen molar-refractivity contribution in [3.05, 3.63) is 71.8 Å². The molecule has 0 spiro atoms. The summed E-state index contributed by atoms with van der Waals surface area (Å²) in [7, 11) is 0. The number of hydrogen-bond acceptors (Lipinski definition) is 4. The van der Waals surface area contributed by atoms with E-state index in [9.17, 15) is 4.79 Å². The van der Waals surface area contributed by atoms with Crippen LogP contribution in [0.15, 0.2) is 65.2 Å². The number of aromatic nitrogens is 1. The number of carbonyl (C=O) groups excluding carboxylic acids is 1. The van der Waals surface area contributed by atoms with Gasteiger partial charge in [0.25, 0.3) is 0 Å². The predicted molar refractivity (Wildman–Crippen MR) is 98.2 cm³/mol. The first-order chi connectivity index (χ1) is 12.1. The third kappa shape index (κ3) is 4.55. The van der Waals surface area contributed by atoms with Crippen LogP contribution in [0.25, 0.3) is 11.3 Å². The molecule has 0 saturated carbocycles. The van der Waals surface area contributed by atoms with Crippen molar-refractivity contribution in [1.29, 1.82) is 0 Å². The second-order valence-electron chi connectivity index (χ2n) is 6.00. The Hall–Kier alpha value is -2.92. The summed E-state index contributed by atoms with van der Waals surface area (Å²) in [6.45, 7) is 4.24. The Morgan fingerprint density at radius 1 is 1.12 bits per heavy atom. The molecule has 5 nitrogen and oxygen atoms in total. The van der Waals surface area contributed by atoms with Gasteiger partial charge in [-0.1, -0.05) is 65.3 Å². The van der Waals surface area contributed by atoms with E-state index in [2.05, 4.69) is 15.8 Å². The summed E-state index contributed by atoms with van der Waals surface area (Å²) in [6, 6.07) is 19.8. The highest BCUT2D eigenvalue weighted by atomic mass is 16.5. The van der Waals surface area contributed by atoms with Gasteiger partial charge in [0, 0.05) is 17.7 Å². The van der Waals surface area contributed by atoms with Crippen LogP contribution in [-0.2, 0) is 4.79 Å². The molecular weight excluding hydrogens is 314 g/mol. The number of carbonyl (C=O) groups is 1. The normalized spacial score (nSPS) is 11.9. The van der Waals surface area contributed by atoms with E-state index in [4.69, 9.17) is 4.52 Å². The second-order valence-corrected chi connectivity index (χ2v) is 6.00. The lowest BCUT2D eigenvalue weighted by atomic mass is 10.1. The molecule has 3 aromatic rings. The number of rotatable bonds is 6. The molecule has 0 bridgehead atoms. The number of amides is 1. The van der Waals surface area contributed by atoms with Gasteiger partial charge >= 0.3 is 0 Å². The maximum Gasteiger partial charge on any atom is 0.240 e. The van der Waals surface area contributed by atoms with Crippen LogP contribution in [0.3, 0.4) is 0 Å². The minimum atomic E-state index is -0.172. The van der Waals surface area contributed by atoms with E-state index >= 15 is 0 Å². The molecule has 0 aliphatic carbocycles. The molecule has 5 heteroatoms. The Morgan fingerprint density at radius 3 is 2.56 bits per heavy atom. The summed E-state index contributed by atoms with van der Waals surface area (Å²) in [5.41, 5.74) is 3.96. The molecule has 1 amide bonds. The van der Waals surface area contributed by atoms with E-state index in [1.54, 1.807) is 6.07 Å². The summed E-state index contributed by atoms with van der Waals surface area (Å²) < 4.78 is 5.20. The van der Waals surface area contributed by atoms with Crippen molar-refractivity contribution in [2.24, 2.45) is 0 Å². The number of nitrogens with one attached hydrogen (secondary N) is 2. The highest BCUT2D eigenvalue weighted by Gasteiger charge is 2.11. The molecule has 2 aromatic carbocycles. The van der Waals surface area contributed by atoms with E-state index < -0.39 is 0 Å². The third-order valence-electron chi connectivity index (χ3n) is 3.99. The second kappa shape index (κ2) is 7.77. The summed E-state index contributed by atoms with van der Waals surface area (Å²) in [5, 5.41) is 9.91. The minimum absolute atomic E-state index is 0.0878. The Morgan fingerprint density at radius 2 is 1.84 bits per heavy atom. The molecule has 2 N–H and O–H groups in total. The lowest BCUT2D eigenvalue weighted by Crippen LogP contribution is -2.30. The zero-order valence-electron chi connectivity index (χ0n) is 14.3. The van der Waals surface area contributed by atoms with Crippen molar-refractivity contribution >= 4 is 11.8 Å². The molecule has 128 valence electrons. The molecule has 0 fully saturated rings. The highest BCUT2D eigenvalue weighted by molar-refractivity contribution is 5.91. The Bertz CT molecular complexity index is 826. The first-order valence-electron chi connectivity index (χ1n) is 8.24. The first-order valence-corrected chi connectivity index (χ1v) is 8.24. The zero-order valence-corrected chi connectivity index (χ0v) is 14.3. The molecule has 0 unspecified atom stereocenters. The monoisotopic (exact) mass is 335 g/mol. The van der Waals surface area contributed by atoms with Gasteiger partial charge in [-0.3, -0.25) is 10.1 Å². The number of hydrogen-bond donors (Lipinski definition) is 2. The standard InChI is InChI=1S/C20H21N3O2/c1-14-8-10-17(11-9-14)18-12-20(25-23-18)22-19(24)13-21-15(2)16-6-4-3-5-7-16/h3-12,15,21H,13H2,1-2H3,(H,22,24)/t15-/m0/s1. The average Bonchev–Trinajstić information content (AvgIpc) is 3.09. The quantitative estimate of drug-likeness (QED) is 0.716. The van der Waals surface area contributed by atoms with Crippen molar-refractivity contribution in [3.8, 4) is 11.3 Å². The smallest absolute Gasteiger partial charge is 0.240 e. The summed E-state index contributed by atoms with van der Waals surface area (Å²) in [5.74, 6) is 0.170. The van der Waals surface area contributed by atoms with Crippen molar-refractivity contribution in [3.63, 3.8) is 0 Å². The van der Waals surface area contributed by atoms with Gasteiger partial charge in [0.1, 0.15) is 5.69 Å². The molecule has 3 rings (SSSR count). The van der Waals surface area contributed by atoms with Crippen LogP contribution in [-0.4, -0.2) is 17.6 Å². The molecule has 0 aliphatic heterocycles. The van der Waals surface area contributed by atoms with E-state index in [0.29, 0.717) is 11.6 Å². The number of anilines is 1.